The molecule has 0 fully saturated rings. The van der Waals surface area contributed by atoms with Gasteiger partial charge < -0.3 is 4.90 Å². The molecule has 0 radical (unpaired) electrons. The van der Waals surface area contributed by atoms with Gasteiger partial charge in [-0.15, -0.1) is 0 Å². The molecule has 0 saturated heterocycles. The van der Waals surface area contributed by atoms with E-state index in [1.54, 1.807) is 13.8 Å². The van der Waals surface area contributed by atoms with Gasteiger partial charge in [0.25, 0.3) is 5.91 Å². The number of rotatable bonds is 2. The van der Waals surface area contributed by atoms with Crippen LogP contribution in [0.4, 0.5) is 4.39 Å². The van der Waals surface area contributed by atoms with Gasteiger partial charge in [0.1, 0.15) is 11.4 Å². The lowest BCUT2D eigenvalue weighted by Crippen LogP contribution is -2.43. The summed E-state index contributed by atoms with van der Waals surface area (Å²) in [6, 6.07) is 7.44. The van der Waals surface area contributed by atoms with Gasteiger partial charge in [-0.2, -0.15) is 5.26 Å². The van der Waals surface area contributed by atoms with E-state index in [-0.39, 0.29) is 11.5 Å². The van der Waals surface area contributed by atoms with Crippen LogP contribution in [0.15, 0.2) is 24.3 Å². The lowest BCUT2D eigenvalue weighted by atomic mass is 10.0. The van der Waals surface area contributed by atoms with Crippen molar-refractivity contribution in [3.63, 3.8) is 0 Å². The van der Waals surface area contributed by atoms with Crippen molar-refractivity contribution >= 4 is 5.91 Å². The van der Waals surface area contributed by atoms with Crippen LogP contribution in [-0.2, 0) is 0 Å². The second-order valence-corrected chi connectivity index (χ2v) is 4.05. The summed E-state index contributed by atoms with van der Waals surface area (Å²) in [4.78, 5) is 13.2. The van der Waals surface area contributed by atoms with E-state index in [9.17, 15) is 9.18 Å². The second-order valence-electron chi connectivity index (χ2n) is 4.05. The third-order valence-corrected chi connectivity index (χ3v) is 2.49. The molecule has 84 valence electrons. The van der Waals surface area contributed by atoms with E-state index < -0.39 is 11.4 Å². The zero-order valence-corrected chi connectivity index (χ0v) is 9.49. The van der Waals surface area contributed by atoms with Gasteiger partial charge in [0.05, 0.1) is 6.07 Å². The first-order valence-corrected chi connectivity index (χ1v) is 4.83. The molecular formula is C12H13FN2O. The Bertz CT molecular complexity index is 449. The van der Waals surface area contributed by atoms with Crippen LogP contribution >= 0.6 is 0 Å². The van der Waals surface area contributed by atoms with E-state index in [2.05, 4.69) is 0 Å². The molecule has 1 amide bonds. The number of nitrogens with zero attached hydrogens (tertiary/aromatic N) is 2. The predicted molar refractivity (Wildman–Crippen MR) is 58.2 cm³/mol. The minimum Gasteiger partial charge on any atom is -0.324 e. The fourth-order valence-electron chi connectivity index (χ4n) is 1.14. The highest BCUT2D eigenvalue weighted by atomic mass is 19.1. The maximum Gasteiger partial charge on any atom is 0.254 e. The fraction of sp³-hybridized carbons (Fsp3) is 0.333. The normalized spacial score (nSPS) is 10.7. The van der Waals surface area contributed by atoms with Gasteiger partial charge in [0, 0.05) is 12.6 Å². The fourth-order valence-corrected chi connectivity index (χ4v) is 1.14. The van der Waals surface area contributed by atoms with Crippen LogP contribution in [0.5, 0.6) is 0 Å². The summed E-state index contributed by atoms with van der Waals surface area (Å²) in [5, 5.41) is 8.90. The Hall–Kier alpha value is -1.89. The van der Waals surface area contributed by atoms with Crippen LogP contribution in [-0.4, -0.2) is 23.4 Å². The summed E-state index contributed by atoms with van der Waals surface area (Å²) in [5.74, 6) is -0.833. The number of halogens is 1. The number of hydrogen-bond acceptors (Lipinski definition) is 2. The lowest BCUT2D eigenvalue weighted by Gasteiger charge is -2.29. The number of carbonyl (C=O) groups excluding carboxylic acids is 1. The molecule has 0 aliphatic rings. The Morgan fingerprint density at radius 2 is 2.12 bits per heavy atom. The quantitative estimate of drug-likeness (QED) is 0.766. The molecule has 0 unspecified atom stereocenters. The van der Waals surface area contributed by atoms with Gasteiger partial charge in [0.15, 0.2) is 0 Å². The van der Waals surface area contributed by atoms with E-state index in [0.717, 1.165) is 6.07 Å². The van der Waals surface area contributed by atoms with Gasteiger partial charge in [-0.1, -0.05) is 6.07 Å². The molecule has 16 heavy (non-hydrogen) atoms. The van der Waals surface area contributed by atoms with Crippen LogP contribution in [0, 0.1) is 17.1 Å². The minimum absolute atomic E-state index is 0.242. The van der Waals surface area contributed by atoms with Crippen molar-refractivity contribution in [2.75, 3.05) is 7.05 Å². The topological polar surface area (TPSA) is 44.1 Å². The van der Waals surface area contributed by atoms with Crippen molar-refractivity contribution < 1.29 is 9.18 Å². The van der Waals surface area contributed by atoms with Crippen molar-refractivity contribution in [1.82, 2.24) is 4.90 Å². The average molecular weight is 220 g/mol. The number of carbonyl (C=O) groups is 1. The summed E-state index contributed by atoms with van der Waals surface area (Å²) in [5.41, 5.74) is -0.672. The smallest absolute Gasteiger partial charge is 0.254 e. The summed E-state index contributed by atoms with van der Waals surface area (Å²) in [6.45, 7) is 3.26. The minimum atomic E-state index is -0.913. The maximum absolute atomic E-state index is 12.9. The van der Waals surface area contributed by atoms with Crippen molar-refractivity contribution in [2.24, 2.45) is 0 Å². The van der Waals surface area contributed by atoms with Crippen molar-refractivity contribution in [3.05, 3.63) is 35.6 Å². The highest BCUT2D eigenvalue weighted by molar-refractivity contribution is 5.94. The molecule has 0 heterocycles. The lowest BCUT2D eigenvalue weighted by molar-refractivity contribution is 0.0698. The van der Waals surface area contributed by atoms with Crippen molar-refractivity contribution in [3.8, 4) is 6.07 Å². The molecular weight excluding hydrogens is 207 g/mol. The van der Waals surface area contributed by atoms with Crippen LogP contribution in [0.2, 0.25) is 0 Å². The Balaban J connectivity index is 3.00. The first-order valence-electron chi connectivity index (χ1n) is 4.83. The highest BCUT2D eigenvalue weighted by Gasteiger charge is 2.27. The molecule has 0 saturated carbocycles. The standard InChI is InChI=1S/C12H13FN2O/c1-12(2,8-14)15(3)11(16)9-5-4-6-10(13)7-9/h4-7H,1-3H3. The van der Waals surface area contributed by atoms with Gasteiger partial charge in [-0.25, -0.2) is 4.39 Å². The number of hydrogen-bond donors (Lipinski definition) is 0. The van der Waals surface area contributed by atoms with Crippen LogP contribution in [0.1, 0.15) is 24.2 Å². The second kappa shape index (κ2) is 4.31. The van der Waals surface area contributed by atoms with Crippen LogP contribution < -0.4 is 0 Å². The number of amides is 1. The number of nitriles is 1. The highest BCUT2D eigenvalue weighted by Crippen LogP contribution is 2.15. The van der Waals surface area contributed by atoms with Gasteiger partial charge in [-0.05, 0) is 32.0 Å². The molecule has 0 N–H and O–H groups in total. The van der Waals surface area contributed by atoms with Crippen LogP contribution in [0.25, 0.3) is 0 Å². The first-order chi connectivity index (χ1) is 7.38. The summed E-state index contributed by atoms with van der Waals surface area (Å²) >= 11 is 0. The van der Waals surface area contributed by atoms with Gasteiger partial charge >= 0.3 is 0 Å². The Morgan fingerprint density at radius 3 is 2.62 bits per heavy atom. The molecule has 0 aliphatic heterocycles. The van der Waals surface area contributed by atoms with Crippen molar-refractivity contribution in [2.45, 2.75) is 19.4 Å². The van der Waals surface area contributed by atoms with Gasteiger partial charge in [0.2, 0.25) is 0 Å². The largest absolute Gasteiger partial charge is 0.324 e. The Kier molecular flexibility index (Phi) is 3.28. The van der Waals surface area contributed by atoms with Gasteiger partial charge in [-0.3, -0.25) is 4.79 Å². The molecule has 0 aliphatic carbocycles. The molecule has 1 aromatic rings. The molecule has 4 heteroatoms. The van der Waals surface area contributed by atoms with E-state index in [4.69, 9.17) is 5.26 Å². The SMILES string of the molecule is CN(C(=O)c1cccc(F)c1)C(C)(C)C#N. The zero-order valence-electron chi connectivity index (χ0n) is 9.49. The third kappa shape index (κ3) is 2.37. The molecule has 3 nitrogen and oxygen atoms in total. The molecule has 0 atom stereocenters. The number of benzene rings is 1. The molecule has 0 bridgehead atoms. The molecule has 0 aromatic heterocycles. The van der Waals surface area contributed by atoms with E-state index in [1.807, 2.05) is 6.07 Å². The molecule has 0 spiro atoms. The van der Waals surface area contributed by atoms with E-state index in [1.165, 1.54) is 30.1 Å². The van der Waals surface area contributed by atoms with Crippen LogP contribution in [0.3, 0.4) is 0 Å². The monoisotopic (exact) mass is 220 g/mol. The molecule has 1 aromatic carbocycles. The summed E-state index contributed by atoms with van der Waals surface area (Å²) in [6.07, 6.45) is 0. The van der Waals surface area contributed by atoms with E-state index in [0.29, 0.717) is 0 Å². The van der Waals surface area contributed by atoms with Crippen molar-refractivity contribution in [1.29, 1.82) is 5.26 Å². The Morgan fingerprint density at radius 1 is 1.50 bits per heavy atom. The zero-order chi connectivity index (χ0) is 12.3. The Labute approximate surface area is 94.1 Å². The summed E-state index contributed by atoms with van der Waals surface area (Å²) < 4.78 is 12.9. The van der Waals surface area contributed by atoms with E-state index >= 15 is 0 Å². The maximum atomic E-state index is 12.9. The first kappa shape index (κ1) is 12.2. The third-order valence-electron chi connectivity index (χ3n) is 2.49. The predicted octanol–water partition coefficient (Wildman–Crippen LogP) is 2.20. The summed E-state index contributed by atoms with van der Waals surface area (Å²) in [7, 11) is 1.52. The average Bonchev–Trinajstić information content (AvgIpc) is 2.27. The molecule has 1 rings (SSSR count).